The number of carbonyl (C=O) groups is 1. The summed E-state index contributed by atoms with van der Waals surface area (Å²) < 4.78 is 0. The normalized spacial score (nSPS) is 11.5. The number of aromatic nitrogens is 2. The molecule has 0 aliphatic rings. The number of nitrogens with one attached hydrogen (secondary N) is 2. The molecule has 0 bridgehead atoms. The third-order valence-electron chi connectivity index (χ3n) is 3.00. The van der Waals surface area contributed by atoms with Gasteiger partial charge in [0.25, 0.3) is 0 Å². The third kappa shape index (κ3) is 4.36. The van der Waals surface area contributed by atoms with Gasteiger partial charge in [-0.2, -0.15) is 0 Å². The second-order valence-electron chi connectivity index (χ2n) is 5.78. The zero-order valence-corrected chi connectivity index (χ0v) is 12.9. The van der Waals surface area contributed by atoms with Crippen LogP contribution in [0.1, 0.15) is 46.4 Å². The Morgan fingerprint density at radius 1 is 1.30 bits per heavy atom. The molecular formula is C14H25N5O. The lowest BCUT2D eigenvalue weighted by Crippen LogP contribution is -2.37. The van der Waals surface area contributed by atoms with Crippen LogP contribution in [0.3, 0.4) is 0 Å². The van der Waals surface area contributed by atoms with Crippen molar-refractivity contribution in [2.24, 2.45) is 11.1 Å². The van der Waals surface area contributed by atoms with E-state index in [9.17, 15) is 4.79 Å². The highest BCUT2D eigenvalue weighted by atomic mass is 16.1. The van der Waals surface area contributed by atoms with Crippen molar-refractivity contribution in [3.05, 3.63) is 11.9 Å². The molecule has 0 saturated heterocycles. The zero-order chi connectivity index (χ0) is 15.3. The molecule has 0 aliphatic heterocycles. The van der Waals surface area contributed by atoms with Crippen LogP contribution in [0, 0.1) is 5.41 Å². The van der Waals surface area contributed by atoms with E-state index < -0.39 is 5.41 Å². The SMILES string of the molecule is CCNc1cc(NCC(C)(C)C(N)=O)nc(C(C)C)n1. The predicted molar refractivity (Wildman–Crippen MR) is 81.7 cm³/mol. The van der Waals surface area contributed by atoms with Gasteiger partial charge in [-0.05, 0) is 20.8 Å². The molecule has 0 fully saturated rings. The Labute approximate surface area is 120 Å². The highest BCUT2D eigenvalue weighted by Gasteiger charge is 2.24. The Balaban J connectivity index is 2.91. The Morgan fingerprint density at radius 3 is 2.30 bits per heavy atom. The summed E-state index contributed by atoms with van der Waals surface area (Å²) in [6.07, 6.45) is 0. The Bertz CT molecular complexity index is 471. The van der Waals surface area contributed by atoms with Gasteiger partial charge in [-0.1, -0.05) is 13.8 Å². The number of amides is 1. The van der Waals surface area contributed by atoms with Crippen LogP contribution in [0.5, 0.6) is 0 Å². The maximum Gasteiger partial charge on any atom is 0.224 e. The molecule has 0 unspecified atom stereocenters. The molecular weight excluding hydrogens is 254 g/mol. The first kappa shape index (κ1) is 16.2. The van der Waals surface area contributed by atoms with E-state index in [2.05, 4.69) is 20.6 Å². The van der Waals surface area contributed by atoms with Crippen LogP contribution in [0.4, 0.5) is 11.6 Å². The molecule has 20 heavy (non-hydrogen) atoms. The molecule has 1 amide bonds. The summed E-state index contributed by atoms with van der Waals surface area (Å²) in [4.78, 5) is 20.2. The molecule has 0 spiro atoms. The van der Waals surface area contributed by atoms with E-state index in [1.807, 2.05) is 26.8 Å². The summed E-state index contributed by atoms with van der Waals surface area (Å²) in [5, 5.41) is 6.35. The average Bonchev–Trinajstić information content (AvgIpc) is 2.36. The van der Waals surface area contributed by atoms with Crippen LogP contribution >= 0.6 is 0 Å². The van der Waals surface area contributed by atoms with Gasteiger partial charge in [-0.25, -0.2) is 9.97 Å². The van der Waals surface area contributed by atoms with Gasteiger partial charge in [0.2, 0.25) is 5.91 Å². The van der Waals surface area contributed by atoms with E-state index >= 15 is 0 Å². The van der Waals surface area contributed by atoms with Crippen molar-refractivity contribution in [3.8, 4) is 0 Å². The largest absolute Gasteiger partial charge is 0.370 e. The van der Waals surface area contributed by atoms with E-state index in [0.717, 1.165) is 18.2 Å². The number of hydrogen-bond donors (Lipinski definition) is 3. The number of nitrogens with two attached hydrogens (primary N) is 1. The van der Waals surface area contributed by atoms with Crippen molar-refractivity contribution in [3.63, 3.8) is 0 Å². The standard InChI is InChI=1S/C14H25N5O/c1-6-16-10-7-11(19-12(18-10)9(2)3)17-8-14(4,5)13(15)20/h7,9H,6,8H2,1-5H3,(H2,15,20)(H2,16,17,18,19). The molecule has 1 aromatic heterocycles. The first-order chi connectivity index (χ1) is 9.26. The molecule has 6 heteroatoms. The predicted octanol–water partition coefficient (Wildman–Crippen LogP) is 1.96. The smallest absolute Gasteiger partial charge is 0.224 e. The van der Waals surface area contributed by atoms with Crippen molar-refractivity contribution < 1.29 is 4.79 Å². The number of carbonyl (C=O) groups excluding carboxylic acids is 1. The Kier molecular flexibility index (Phi) is 5.30. The van der Waals surface area contributed by atoms with E-state index in [-0.39, 0.29) is 11.8 Å². The molecule has 0 aromatic carbocycles. The molecule has 0 saturated carbocycles. The van der Waals surface area contributed by atoms with Gasteiger partial charge in [0.05, 0.1) is 5.41 Å². The third-order valence-corrected chi connectivity index (χ3v) is 3.00. The van der Waals surface area contributed by atoms with Crippen LogP contribution in [-0.4, -0.2) is 29.0 Å². The minimum absolute atomic E-state index is 0.235. The molecule has 112 valence electrons. The minimum atomic E-state index is -0.624. The highest BCUT2D eigenvalue weighted by Crippen LogP contribution is 2.19. The maximum absolute atomic E-state index is 11.3. The summed E-state index contributed by atoms with van der Waals surface area (Å²) in [7, 11) is 0. The molecule has 4 N–H and O–H groups in total. The minimum Gasteiger partial charge on any atom is -0.370 e. The van der Waals surface area contributed by atoms with Crippen LogP contribution in [0.2, 0.25) is 0 Å². The molecule has 1 heterocycles. The van der Waals surface area contributed by atoms with Crippen LogP contribution in [0.15, 0.2) is 6.07 Å². The van der Waals surface area contributed by atoms with Crippen LogP contribution < -0.4 is 16.4 Å². The number of rotatable bonds is 7. The van der Waals surface area contributed by atoms with Gasteiger partial charge < -0.3 is 16.4 Å². The summed E-state index contributed by atoms with van der Waals surface area (Å²) >= 11 is 0. The van der Waals surface area contributed by atoms with Gasteiger partial charge in [0, 0.05) is 25.1 Å². The van der Waals surface area contributed by atoms with Crippen molar-refractivity contribution in [2.45, 2.75) is 40.5 Å². The van der Waals surface area contributed by atoms with E-state index in [4.69, 9.17) is 5.73 Å². The van der Waals surface area contributed by atoms with Crippen LogP contribution in [0.25, 0.3) is 0 Å². The topological polar surface area (TPSA) is 92.9 Å². The number of nitrogens with zero attached hydrogens (tertiary/aromatic N) is 2. The van der Waals surface area contributed by atoms with Gasteiger partial charge in [0.1, 0.15) is 17.5 Å². The molecule has 6 nitrogen and oxygen atoms in total. The lowest BCUT2D eigenvalue weighted by atomic mass is 9.93. The average molecular weight is 279 g/mol. The highest BCUT2D eigenvalue weighted by molar-refractivity contribution is 5.80. The van der Waals surface area contributed by atoms with Crippen molar-refractivity contribution in [2.75, 3.05) is 23.7 Å². The number of anilines is 2. The summed E-state index contributed by atoms with van der Waals surface area (Å²) in [6.45, 7) is 10.9. The second-order valence-corrected chi connectivity index (χ2v) is 5.78. The molecule has 1 aromatic rings. The molecule has 0 aliphatic carbocycles. The fraction of sp³-hybridized carbons (Fsp3) is 0.643. The summed E-state index contributed by atoms with van der Waals surface area (Å²) in [5.74, 6) is 2.15. The number of hydrogen-bond acceptors (Lipinski definition) is 5. The fourth-order valence-electron chi connectivity index (χ4n) is 1.48. The summed E-state index contributed by atoms with van der Waals surface area (Å²) in [5.41, 5.74) is 4.74. The first-order valence-corrected chi connectivity index (χ1v) is 6.93. The Morgan fingerprint density at radius 2 is 1.85 bits per heavy atom. The number of primary amides is 1. The van der Waals surface area contributed by atoms with Crippen molar-refractivity contribution in [1.82, 2.24) is 9.97 Å². The Hall–Kier alpha value is -1.85. The lowest BCUT2D eigenvalue weighted by molar-refractivity contribution is -0.125. The van der Waals surface area contributed by atoms with E-state index in [0.29, 0.717) is 12.4 Å². The monoisotopic (exact) mass is 279 g/mol. The van der Waals surface area contributed by atoms with E-state index in [1.54, 1.807) is 13.8 Å². The van der Waals surface area contributed by atoms with Crippen LogP contribution in [-0.2, 0) is 4.79 Å². The maximum atomic E-state index is 11.3. The quantitative estimate of drug-likeness (QED) is 0.709. The van der Waals surface area contributed by atoms with Crippen molar-refractivity contribution in [1.29, 1.82) is 0 Å². The summed E-state index contributed by atoms with van der Waals surface area (Å²) in [6, 6.07) is 1.84. The zero-order valence-electron chi connectivity index (χ0n) is 12.9. The molecule has 0 atom stereocenters. The second kappa shape index (κ2) is 6.54. The van der Waals surface area contributed by atoms with Gasteiger partial charge >= 0.3 is 0 Å². The lowest BCUT2D eigenvalue weighted by Gasteiger charge is -2.21. The van der Waals surface area contributed by atoms with Gasteiger partial charge in [0.15, 0.2) is 0 Å². The van der Waals surface area contributed by atoms with Gasteiger partial charge in [-0.15, -0.1) is 0 Å². The molecule has 1 rings (SSSR count). The molecule has 0 radical (unpaired) electrons. The fourth-order valence-corrected chi connectivity index (χ4v) is 1.48. The first-order valence-electron chi connectivity index (χ1n) is 6.93. The van der Waals surface area contributed by atoms with E-state index in [1.165, 1.54) is 0 Å². The van der Waals surface area contributed by atoms with Gasteiger partial charge in [-0.3, -0.25) is 4.79 Å². The van der Waals surface area contributed by atoms with Crippen molar-refractivity contribution >= 4 is 17.5 Å².